The van der Waals surface area contributed by atoms with E-state index in [0.717, 1.165) is 44.6 Å². The Labute approximate surface area is 192 Å². The quantitative estimate of drug-likeness (QED) is 0.422. The van der Waals surface area contributed by atoms with Crippen molar-refractivity contribution >= 4 is 34.7 Å². The fourth-order valence-corrected chi connectivity index (χ4v) is 4.30. The maximum atomic E-state index is 13.1. The van der Waals surface area contributed by atoms with Crippen LogP contribution in [0.3, 0.4) is 0 Å². The van der Waals surface area contributed by atoms with Gasteiger partial charge >= 0.3 is 0 Å². The molecule has 4 rings (SSSR count). The van der Waals surface area contributed by atoms with E-state index in [4.69, 9.17) is 27.9 Å². The van der Waals surface area contributed by atoms with E-state index < -0.39 is 0 Å². The topological polar surface area (TPSA) is 45.7 Å². The van der Waals surface area contributed by atoms with E-state index >= 15 is 0 Å². The number of allylic oxidation sites excluding steroid dienone is 1. The number of alkyl halides is 1. The zero-order valence-corrected chi connectivity index (χ0v) is 18.8. The van der Waals surface area contributed by atoms with Crippen LogP contribution in [0.4, 0.5) is 0 Å². The highest BCUT2D eigenvalue weighted by Gasteiger charge is 2.26. The summed E-state index contributed by atoms with van der Waals surface area (Å²) in [5.74, 6) is 0.567. The second kappa shape index (κ2) is 10.3. The summed E-state index contributed by atoms with van der Waals surface area (Å²) >= 11 is 12.2. The molecule has 0 N–H and O–H groups in total. The van der Waals surface area contributed by atoms with Gasteiger partial charge in [-0.2, -0.15) is 0 Å². The standard InChI is InChI=1S/C24H25Cl2N3O2/c25-15-20-17-31-23-14-19(26)8-9-21(23)24(30)29(20)13-4-3-11-28-12-5-6-18(16-28)22-7-1-2-10-27-22/h1-2,6-10,14,17H,3-5,11-13,15-16H2. The van der Waals surface area contributed by atoms with Crippen LogP contribution >= 0.6 is 23.2 Å². The molecule has 1 aromatic heterocycles. The van der Waals surface area contributed by atoms with Gasteiger partial charge in [-0.25, -0.2) is 0 Å². The Balaban J connectivity index is 1.33. The first kappa shape index (κ1) is 21.9. The molecule has 0 spiro atoms. The van der Waals surface area contributed by atoms with Crippen molar-refractivity contribution in [3.8, 4) is 5.75 Å². The van der Waals surface area contributed by atoms with Crippen LogP contribution in [-0.4, -0.2) is 52.8 Å². The third-order valence-electron chi connectivity index (χ3n) is 5.55. The summed E-state index contributed by atoms with van der Waals surface area (Å²) in [6.45, 7) is 3.54. The molecule has 2 aromatic rings. The van der Waals surface area contributed by atoms with Crippen LogP contribution in [0.2, 0.25) is 5.02 Å². The van der Waals surface area contributed by atoms with Gasteiger partial charge in [0.1, 0.15) is 12.0 Å². The van der Waals surface area contributed by atoms with Crippen molar-refractivity contribution < 1.29 is 9.53 Å². The molecular formula is C24H25Cl2N3O2. The van der Waals surface area contributed by atoms with Gasteiger partial charge in [-0.3, -0.25) is 14.7 Å². The molecule has 0 radical (unpaired) electrons. The number of fused-ring (bicyclic) bond motifs is 1. The number of ether oxygens (including phenoxy) is 1. The van der Waals surface area contributed by atoms with Gasteiger partial charge in [0, 0.05) is 36.9 Å². The van der Waals surface area contributed by atoms with Gasteiger partial charge < -0.3 is 9.64 Å². The molecule has 0 fully saturated rings. The highest BCUT2D eigenvalue weighted by atomic mass is 35.5. The lowest BCUT2D eigenvalue weighted by atomic mass is 10.1. The number of hydrogen-bond acceptors (Lipinski definition) is 4. The third kappa shape index (κ3) is 5.29. The molecule has 0 saturated carbocycles. The average molecular weight is 458 g/mol. The van der Waals surface area contributed by atoms with Gasteiger partial charge in [0.05, 0.1) is 22.8 Å². The van der Waals surface area contributed by atoms with Crippen molar-refractivity contribution in [1.29, 1.82) is 0 Å². The monoisotopic (exact) mass is 457 g/mol. The Morgan fingerprint density at radius 1 is 1.13 bits per heavy atom. The predicted molar refractivity (Wildman–Crippen MR) is 124 cm³/mol. The summed E-state index contributed by atoms with van der Waals surface area (Å²) in [5, 5.41) is 0.529. The number of rotatable bonds is 7. The number of amides is 1. The number of carbonyl (C=O) groups excluding carboxylic acids is 1. The zero-order valence-electron chi connectivity index (χ0n) is 17.3. The van der Waals surface area contributed by atoms with Crippen LogP contribution in [0.15, 0.2) is 60.6 Å². The van der Waals surface area contributed by atoms with E-state index in [0.29, 0.717) is 28.6 Å². The Kier molecular flexibility index (Phi) is 7.28. The molecule has 31 heavy (non-hydrogen) atoms. The second-order valence-corrected chi connectivity index (χ2v) is 8.38. The van der Waals surface area contributed by atoms with Crippen LogP contribution in [0, 0.1) is 0 Å². The number of halogens is 2. The molecule has 0 unspecified atom stereocenters. The first-order valence-electron chi connectivity index (χ1n) is 10.5. The first-order chi connectivity index (χ1) is 15.2. The van der Waals surface area contributed by atoms with Crippen molar-refractivity contribution in [2.24, 2.45) is 0 Å². The lowest BCUT2D eigenvalue weighted by Crippen LogP contribution is -2.33. The van der Waals surface area contributed by atoms with E-state index in [1.54, 1.807) is 29.4 Å². The van der Waals surface area contributed by atoms with Crippen LogP contribution < -0.4 is 4.74 Å². The van der Waals surface area contributed by atoms with Gasteiger partial charge in [0.25, 0.3) is 5.91 Å². The van der Waals surface area contributed by atoms with E-state index in [9.17, 15) is 4.79 Å². The minimum absolute atomic E-state index is 0.102. The molecule has 1 amide bonds. The summed E-state index contributed by atoms with van der Waals surface area (Å²) in [4.78, 5) is 21.7. The molecule has 5 nitrogen and oxygen atoms in total. The summed E-state index contributed by atoms with van der Waals surface area (Å²) in [6, 6.07) is 11.1. The fraction of sp³-hybridized carbons (Fsp3) is 0.333. The first-order valence-corrected chi connectivity index (χ1v) is 11.4. The number of hydrogen-bond donors (Lipinski definition) is 0. The van der Waals surface area contributed by atoms with Gasteiger partial charge in [-0.05, 0) is 55.6 Å². The number of carbonyl (C=O) groups is 1. The van der Waals surface area contributed by atoms with E-state index in [1.165, 1.54) is 5.57 Å². The minimum Gasteiger partial charge on any atom is -0.462 e. The fourth-order valence-electron chi connectivity index (χ4n) is 3.93. The van der Waals surface area contributed by atoms with Gasteiger partial charge in [0.15, 0.2) is 0 Å². The molecule has 2 aliphatic heterocycles. The lowest BCUT2D eigenvalue weighted by molar-refractivity contribution is 0.0805. The molecule has 162 valence electrons. The molecule has 3 heterocycles. The van der Waals surface area contributed by atoms with Crippen molar-refractivity contribution in [3.05, 3.63) is 76.9 Å². The summed E-state index contributed by atoms with van der Waals surface area (Å²) in [5.41, 5.74) is 3.51. The van der Waals surface area contributed by atoms with Crippen LogP contribution in [0.5, 0.6) is 5.75 Å². The Bertz CT molecular complexity index is 992. The van der Waals surface area contributed by atoms with Crippen molar-refractivity contribution in [2.75, 3.05) is 32.1 Å². The number of pyridine rings is 1. The van der Waals surface area contributed by atoms with Gasteiger partial charge in [-0.15, -0.1) is 11.6 Å². The molecule has 0 atom stereocenters. The second-order valence-electron chi connectivity index (χ2n) is 7.67. The van der Waals surface area contributed by atoms with Crippen molar-refractivity contribution in [3.63, 3.8) is 0 Å². The SMILES string of the molecule is O=C1c2ccc(Cl)cc2OC=C(CCl)N1CCCCN1CCC=C(c2ccccn2)C1. The average Bonchev–Trinajstić information content (AvgIpc) is 2.93. The maximum absolute atomic E-state index is 13.1. The highest BCUT2D eigenvalue weighted by Crippen LogP contribution is 2.29. The summed E-state index contributed by atoms with van der Waals surface area (Å²) in [7, 11) is 0. The Morgan fingerprint density at radius 2 is 2.00 bits per heavy atom. The van der Waals surface area contributed by atoms with Crippen LogP contribution in [-0.2, 0) is 0 Å². The van der Waals surface area contributed by atoms with Crippen LogP contribution in [0.1, 0.15) is 35.3 Å². The van der Waals surface area contributed by atoms with Crippen LogP contribution in [0.25, 0.3) is 5.57 Å². The molecule has 0 saturated heterocycles. The number of benzene rings is 1. The summed E-state index contributed by atoms with van der Waals surface area (Å²) < 4.78 is 5.67. The molecule has 1 aromatic carbocycles. The van der Waals surface area contributed by atoms with Gasteiger partial charge in [0.2, 0.25) is 0 Å². The minimum atomic E-state index is -0.102. The highest BCUT2D eigenvalue weighted by molar-refractivity contribution is 6.30. The molecular weight excluding hydrogens is 433 g/mol. The van der Waals surface area contributed by atoms with Crippen molar-refractivity contribution in [2.45, 2.75) is 19.3 Å². The number of unbranched alkanes of at least 4 members (excludes halogenated alkanes) is 1. The molecule has 7 heteroatoms. The molecule has 0 aliphatic carbocycles. The van der Waals surface area contributed by atoms with E-state index in [-0.39, 0.29) is 11.8 Å². The Hall–Kier alpha value is -2.34. The normalized spacial score (nSPS) is 16.8. The Morgan fingerprint density at radius 3 is 2.81 bits per heavy atom. The van der Waals surface area contributed by atoms with E-state index in [1.807, 2.05) is 18.3 Å². The zero-order chi connectivity index (χ0) is 21.6. The lowest BCUT2D eigenvalue weighted by Gasteiger charge is -2.28. The number of nitrogens with zero attached hydrogens (tertiary/aromatic N) is 3. The van der Waals surface area contributed by atoms with Gasteiger partial charge in [-0.1, -0.05) is 23.7 Å². The third-order valence-corrected chi connectivity index (χ3v) is 6.06. The summed E-state index contributed by atoms with van der Waals surface area (Å²) in [6.07, 6.45) is 8.58. The maximum Gasteiger partial charge on any atom is 0.261 e. The largest absolute Gasteiger partial charge is 0.462 e. The van der Waals surface area contributed by atoms with E-state index in [2.05, 4.69) is 22.0 Å². The molecule has 0 bridgehead atoms. The smallest absolute Gasteiger partial charge is 0.261 e. The molecule has 2 aliphatic rings. The number of aromatic nitrogens is 1. The van der Waals surface area contributed by atoms with Crippen molar-refractivity contribution in [1.82, 2.24) is 14.8 Å². The predicted octanol–water partition coefficient (Wildman–Crippen LogP) is 5.22.